The highest BCUT2D eigenvalue weighted by atomic mass is 16.1. The molecule has 1 N–H and O–H groups in total. The van der Waals surface area contributed by atoms with Crippen molar-refractivity contribution in [3.05, 3.63) is 29.6 Å². The highest BCUT2D eigenvalue weighted by Crippen LogP contribution is 2.00. The molecule has 1 aromatic heterocycles. The van der Waals surface area contributed by atoms with Crippen LogP contribution >= 0.6 is 0 Å². The largest absolute Gasteiger partial charge is 0.350 e. The van der Waals surface area contributed by atoms with Gasteiger partial charge >= 0.3 is 0 Å². The van der Waals surface area contributed by atoms with Crippen LogP contribution in [0.25, 0.3) is 0 Å². The molecule has 0 saturated carbocycles. The number of carbonyl (C=O) groups is 1. The SMILES string of the molecule is CC.CCc1cccc(CNC(=O)C(C)C)n1. The Balaban J connectivity index is 0.00000121. The summed E-state index contributed by atoms with van der Waals surface area (Å²) in [5, 5.41) is 2.85. The summed E-state index contributed by atoms with van der Waals surface area (Å²) in [6.07, 6.45) is 0.923. The van der Waals surface area contributed by atoms with Crippen molar-refractivity contribution < 1.29 is 4.79 Å². The Morgan fingerprint density at radius 1 is 1.29 bits per heavy atom. The summed E-state index contributed by atoms with van der Waals surface area (Å²) in [5.41, 5.74) is 1.98. The summed E-state index contributed by atoms with van der Waals surface area (Å²) in [6, 6.07) is 5.90. The Morgan fingerprint density at radius 2 is 1.88 bits per heavy atom. The van der Waals surface area contributed by atoms with Gasteiger partial charge in [0.1, 0.15) is 0 Å². The third-order valence-corrected chi connectivity index (χ3v) is 2.19. The van der Waals surface area contributed by atoms with Crippen LogP contribution in [0.5, 0.6) is 0 Å². The first-order chi connectivity index (χ1) is 8.13. The predicted molar refractivity (Wildman–Crippen MR) is 71.6 cm³/mol. The highest BCUT2D eigenvalue weighted by molar-refractivity contribution is 5.77. The summed E-state index contributed by atoms with van der Waals surface area (Å²) < 4.78 is 0. The van der Waals surface area contributed by atoms with E-state index in [1.165, 1.54) is 0 Å². The molecule has 0 saturated heterocycles. The molecule has 1 rings (SSSR count). The molecule has 0 bridgehead atoms. The minimum absolute atomic E-state index is 0.0272. The van der Waals surface area contributed by atoms with E-state index in [9.17, 15) is 4.79 Å². The molecule has 0 radical (unpaired) electrons. The van der Waals surface area contributed by atoms with Crippen LogP contribution in [0.3, 0.4) is 0 Å². The van der Waals surface area contributed by atoms with Gasteiger partial charge in [0.05, 0.1) is 12.2 Å². The maximum Gasteiger partial charge on any atom is 0.222 e. The molecule has 1 amide bonds. The fraction of sp³-hybridized carbons (Fsp3) is 0.571. The Kier molecular flexibility index (Phi) is 8.03. The minimum atomic E-state index is 0.0272. The predicted octanol–water partition coefficient (Wildman–Crippen LogP) is 2.94. The van der Waals surface area contributed by atoms with E-state index in [1.807, 2.05) is 45.9 Å². The van der Waals surface area contributed by atoms with Crippen LogP contribution in [0, 0.1) is 5.92 Å². The molecular weight excluding hydrogens is 212 g/mol. The molecule has 0 aliphatic rings. The summed E-state index contributed by atoms with van der Waals surface area (Å²) in [7, 11) is 0. The van der Waals surface area contributed by atoms with Gasteiger partial charge in [0, 0.05) is 11.6 Å². The van der Waals surface area contributed by atoms with Crippen molar-refractivity contribution in [1.29, 1.82) is 0 Å². The number of nitrogens with one attached hydrogen (secondary N) is 1. The van der Waals surface area contributed by atoms with E-state index in [1.54, 1.807) is 0 Å². The molecule has 96 valence electrons. The minimum Gasteiger partial charge on any atom is -0.350 e. The van der Waals surface area contributed by atoms with Gasteiger partial charge in [-0.05, 0) is 18.6 Å². The summed E-state index contributed by atoms with van der Waals surface area (Å²) >= 11 is 0. The lowest BCUT2D eigenvalue weighted by atomic mass is 10.2. The topological polar surface area (TPSA) is 42.0 Å². The number of rotatable bonds is 4. The van der Waals surface area contributed by atoms with Crippen LogP contribution in [-0.2, 0) is 17.8 Å². The van der Waals surface area contributed by atoms with E-state index in [2.05, 4.69) is 17.2 Å². The number of aromatic nitrogens is 1. The van der Waals surface area contributed by atoms with Crippen molar-refractivity contribution in [1.82, 2.24) is 10.3 Å². The van der Waals surface area contributed by atoms with Crippen LogP contribution in [0.2, 0.25) is 0 Å². The van der Waals surface area contributed by atoms with Gasteiger partial charge in [-0.15, -0.1) is 0 Å². The number of aryl methyl sites for hydroxylation is 1. The van der Waals surface area contributed by atoms with Gasteiger partial charge in [-0.3, -0.25) is 9.78 Å². The summed E-state index contributed by atoms with van der Waals surface area (Å²) in [5.74, 6) is 0.0954. The Bertz CT molecular complexity index is 335. The van der Waals surface area contributed by atoms with Gasteiger partial charge in [-0.2, -0.15) is 0 Å². The van der Waals surface area contributed by atoms with Crippen molar-refractivity contribution in [2.24, 2.45) is 5.92 Å². The zero-order chi connectivity index (χ0) is 13.3. The second-order valence-electron chi connectivity index (χ2n) is 3.85. The molecule has 0 aromatic carbocycles. The van der Waals surface area contributed by atoms with Crippen LogP contribution in [0.1, 0.15) is 46.0 Å². The number of amides is 1. The maximum absolute atomic E-state index is 11.3. The first-order valence-corrected chi connectivity index (χ1v) is 6.36. The van der Waals surface area contributed by atoms with E-state index in [-0.39, 0.29) is 11.8 Å². The van der Waals surface area contributed by atoms with Crippen LogP contribution in [-0.4, -0.2) is 10.9 Å². The lowest BCUT2D eigenvalue weighted by Gasteiger charge is -2.07. The third kappa shape index (κ3) is 6.05. The summed E-state index contributed by atoms with van der Waals surface area (Å²) in [4.78, 5) is 15.7. The third-order valence-electron chi connectivity index (χ3n) is 2.19. The zero-order valence-corrected chi connectivity index (χ0v) is 11.6. The van der Waals surface area contributed by atoms with Crippen LogP contribution < -0.4 is 5.32 Å². The molecule has 3 heteroatoms. The first-order valence-electron chi connectivity index (χ1n) is 6.36. The Hall–Kier alpha value is -1.38. The van der Waals surface area contributed by atoms with E-state index in [0.717, 1.165) is 17.8 Å². The van der Waals surface area contributed by atoms with E-state index in [0.29, 0.717) is 6.54 Å². The van der Waals surface area contributed by atoms with Crippen molar-refractivity contribution in [3.8, 4) is 0 Å². The lowest BCUT2D eigenvalue weighted by Crippen LogP contribution is -2.27. The highest BCUT2D eigenvalue weighted by Gasteiger charge is 2.06. The number of hydrogen-bond acceptors (Lipinski definition) is 2. The molecule has 0 spiro atoms. The number of carbonyl (C=O) groups excluding carboxylic acids is 1. The van der Waals surface area contributed by atoms with Gasteiger partial charge in [-0.25, -0.2) is 0 Å². The zero-order valence-electron chi connectivity index (χ0n) is 11.6. The summed E-state index contributed by atoms with van der Waals surface area (Å²) in [6.45, 7) is 10.3. The smallest absolute Gasteiger partial charge is 0.222 e. The van der Waals surface area contributed by atoms with Crippen molar-refractivity contribution in [2.75, 3.05) is 0 Å². The van der Waals surface area contributed by atoms with Crippen LogP contribution in [0.15, 0.2) is 18.2 Å². The molecule has 0 atom stereocenters. The number of nitrogens with zero attached hydrogens (tertiary/aromatic N) is 1. The fourth-order valence-corrected chi connectivity index (χ4v) is 1.21. The van der Waals surface area contributed by atoms with E-state index in [4.69, 9.17) is 0 Å². The Labute approximate surface area is 105 Å². The monoisotopic (exact) mass is 236 g/mol. The van der Waals surface area contributed by atoms with E-state index >= 15 is 0 Å². The standard InChI is InChI=1S/C12H18N2O.C2H6/c1-4-10-6-5-7-11(14-10)8-13-12(15)9(2)3;1-2/h5-7,9H,4,8H2,1-3H3,(H,13,15);1-2H3. The molecule has 3 nitrogen and oxygen atoms in total. The van der Waals surface area contributed by atoms with Gasteiger partial charge in [0.2, 0.25) is 5.91 Å². The Morgan fingerprint density at radius 3 is 2.41 bits per heavy atom. The van der Waals surface area contributed by atoms with Gasteiger partial charge in [0.25, 0.3) is 0 Å². The lowest BCUT2D eigenvalue weighted by molar-refractivity contribution is -0.124. The molecule has 17 heavy (non-hydrogen) atoms. The fourth-order valence-electron chi connectivity index (χ4n) is 1.21. The van der Waals surface area contributed by atoms with Crippen molar-refractivity contribution in [2.45, 2.75) is 47.6 Å². The average Bonchev–Trinajstić information content (AvgIpc) is 2.38. The van der Waals surface area contributed by atoms with Crippen LogP contribution in [0.4, 0.5) is 0 Å². The first kappa shape index (κ1) is 15.6. The van der Waals surface area contributed by atoms with Crippen molar-refractivity contribution >= 4 is 5.91 Å². The molecule has 0 unspecified atom stereocenters. The van der Waals surface area contributed by atoms with E-state index < -0.39 is 0 Å². The number of hydrogen-bond donors (Lipinski definition) is 1. The normalized spacial score (nSPS) is 9.53. The second-order valence-corrected chi connectivity index (χ2v) is 3.85. The number of pyridine rings is 1. The molecular formula is C14H24N2O. The maximum atomic E-state index is 11.3. The quantitative estimate of drug-likeness (QED) is 0.873. The van der Waals surface area contributed by atoms with Gasteiger partial charge in [-0.1, -0.05) is 40.7 Å². The van der Waals surface area contributed by atoms with Crippen molar-refractivity contribution in [3.63, 3.8) is 0 Å². The molecule has 0 aliphatic heterocycles. The second kappa shape index (κ2) is 8.74. The molecule has 1 heterocycles. The van der Waals surface area contributed by atoms with Gasteiger partial charge in [0.15, 0.2) is 0 Å². The molecule has 0 aliphatic carbocycles. The molecule has 1 aromatic rings. The molecule has 0 fully saturated rings. The van der Waals surface area contributed by atoms with Gasteiger partial charge < -0.3 is 5.32 Å². The average molecular weight is 236 g/mol.